The zero-order valence-electron chi connectivity index (χ0n) is 13.4. The predicted octanol–water partition coefficient (Wildman–Crippen LogP) is 3.13. The Balaban J connectivity index is 2.21. The molecule has 0 aliphatic heterocycles. The van der Waals surface area contributed by atoms with Gasteiger partial charge in [0.2, 0.25) is 0 Å². The molecule has 0 fully saturated rings. The monoisotopic (exact) mass is 482 g/mol. The van der Waals surface area contributed by atoms with Gasteiger partial charge in [0.1, 0.15) is 0 Å². The molecule has 3 aromatic rings. The molecule has 0 spiro atoms. The molecule has 3 aromatic carbocycles. The van der Waals surface area contributed by atoms with Gasteiger partial charge in [0, 0.05) is 0 Å². The van der Waals surface area contributed by atoms with Crippen LogP contribution < -0.4 is 9.81 Å². The Morgan fingerprint density at radius 2 is 1.14 bits per heavy atom. The van der Waals surface area contributed by atoms with Crippen LogP contribution in [0.25, 0.3) is 0 Å². The van der Waals surface area contributed by atoms with Crippen molar-refractivity contribution in [2.75, 3.05) is 0 Å². The molecule has 22 heavy (non-hydrogen) atoms. The number of hydrogen-bond acceptors (Lipinski definition) is 0. The first-order valence-electron chi connectivity index (χ1n) is 7.64. The molecule has 1 heteroatoms. The summed E-state index contributed by atoms with van der Waals surface area (Å²) in [6.07, 6.45) is 0. The van der Waals surface area contributed by atoms with Crippen molar-refractivity contribution in [1.82, 2.24) is 0 Å². The summed E-state index contributed by atoms with van der Waals surface area (Å²) in [5.74, 6) is 0. The van der Waals surface area contributed by atoms with Gasteiger partial charge in [-0.3, -0.25) is 0 Å². The van der Waals surface area contributed by atoms with E-state index in [0.717, 1.165) is 0 Å². The molecule has 0 radical (unpaired) electrons. The van der Waals surface area contributed by atoms with Gasteiger partial charge in [0.25, 0.3) is 0 Å². The molecule has 110 valence electrons. The van der Waals surface area contributed by atoms with Gasteiger partial charge in [-0.1, -0.05) is 0 Å². The van der Waals surface area contributed by atoms with E-state index in [0.29, 0.717) is 0 Å². The third-order valence-electron chi connectivity index (χ3n) is 3.88. The Morgan fingerprint density at radius 1 is 0.591 bits per heavy atom. The molecule has 0 amide bonds. The molecule has 0 saturated heterocycles. The van der Waals surface area contributed by atoms with Gasteiger partial charge in [-0.05, 0) is 0 Å². The van der Waals surface area contributed by atoms with E-state index < -0.39 is 21.8 Å². The van der Waals surface area contributed by atoms with Crippen LogP contribution in [0.15, 0.2) is 72.8 Å². The quantitative estimate of drug-likeness (QED) is 0.504. The van der Waals surface area contributed by atoms with Crippen LogP contribution in [0, 0.1) is 20.8 Å². The fraction of sp³-hybridized carbons (Fsp3) is 0.143. The van der Waals surface area contributed by atoms with Crippen LogP contribution in [0.2, 0.25) is 0 Å². The van der Waals surface area contributed by atoms with E-state index in [4.69, 9.17) is 0 Å². The third kappa shape index (κ3) is 3.31. The molecule has 0 heterocycles. The minimum atomic E-state index is -2.20. The van der Waals surface area contributed by atoms with E-state index >= 15 is 0 Å². The number of benzene rings is 3. The first kappa shape index (κ1) is 15.4. The molecule has 0 aliphatic carbocycles. The summed E-state index contributed by atoms with van der Waals surface area (Å²) in [4.78, 5) is 0. The van der Waals surface area contributed by atoms with Gasteiger partial charge < -0.3 is 0 Å². The third-order valence-corrected chi connectivity index (χ3v) is 13.9. The molecule has 0 aromatic heterocycles. The van der Waals surface area contributed by atoms with Crippen molar-refractivity contribution in [2.24, 2.45) is 0 Å². The Hall–Kier alpha value is -1.46. The molecular weight excluding hydrogens is 461 g/mol. The zero-order valence-corrected chi connectivity index (χ0v) is 16.9. The van der Waals surface area contributed by atoms with E-state index in [1.54, 1.807) is 9.81 Å². The van der Waals surface area contributed by atoms with E-state index in [2.05, 4.69) is 93.6 Å². The second-order valence-electron chi connectivity index (χ2n) is 5.80. The topological polar surface area (TPSA) is 0 Å². The fourth-order valence-electron chi connectivity index (χ4n) is 2.78. The van der Waals surface area contributed by atoms with Crippen LogP contribution in [0.1, 0.15) is 16.7 Å². The summed E-state index contributed by atoms with van der Waals surface area (Å²) >= 11 is -2.20. The molecule has 3 rings (SSSR count). The summed E-state index contributed by atoms with van der Waals surface area (Å²) in [6, 6.07) is 27.2. The Bertz CT molecular complexity index is 744. The van der Waals surface area contributed by atoms with Crippen LogP contribution in [0.3, 0.4) is 0 Å². The Morgan fingerprint density at radius 3 is 1.64 bits per heavy atom. The number of hydrogen-bond donors (Lipinski definition) is 0. The summed E-state index contributed by atoms with van der Waals surface area (Å²) in [5.41, 5.74) is 4.15. The second-order valence-corrected chi connectivity index (χ2v) is 14.3. The van der Waals surface area contributed by atoms with Crippen molar-refractivity contribution in [3.63, 3.8) is 0 Å². The molecule has 0 N–H and O–H groups in total. The molecule has 0 bridgehead atoms. The standard InChI is InChI=1S/3C7H7.Bi/c3*1-7-5-3-2-4-6-7;/h2*2-3,5-6H,1H3;2-5H,1H3;. The van der Waals surface area contributed by atoms with Gasteiger partial charge in [-0.25, -0.2) is 0 Å². The Labute approximate surface area is 141 Å². The minimum absolute atomic E-state index is 1.36. The Kier molecular flexibility index (Phi) is 4.74. The molecule has 0 nitrogen and oxygen atoms in total. The molecular formula is C21H21Bi. The van der Waals surface area contributed by atoms with Gasteiger partial charge >= 0.3 is 142 Å². The van der Waals surface area contributed by atoms with E-state index in [1.807, 2.05) is 0 Å². The normalized spacial score (nSPS) is 10.9. The van der Waals surface area contributed by atoms with Crippen molar-refractivity contribution in [1.29, 1.82) is 0 Å². The molecule has 0 unspecified atom stereocenters. The van der Waals surface area contributed by atoms with Gasteiger partial charge in [0.15, 0.2) is 0 Å². The van der Waals surface area contributed by atoms with Crippen molar-refractivity contribution in [3.05, 3.63) is 89.5 Å². The molecule has 0 atom stereocenters. The first-order valence-corrected chi connectivity index (χ1v) is 12.9. The predicted molar refractivity (Wildman–Crippen MR) is 98.2 cm³/mol. The van der Waals surface area contributed by atoms with Crippen molar-refractivity contribution in [3.8, 4) is 0 Å². The van der Waals surface area contributed by atoms with E-state index in [-0.39, 0.29) is 0 Å². The van der Waals surface area contributed by atoms with Crippen molar-refractivity contribution in [2.45, 2.75) is 20.8 Å². The molecule has 0 saturated carbocycles. The average molecular weight is 482 g/mol. The van der Waals surface area contributed by atoms with E-state index in [1.165, 1.54) is 16.7 Å². The van der Waals surface area contributed by atoms with Gasteiger partial charge in [-0.15, -0.1) is 0 Å². The maximum absolute atomic E-state index is 2.40. The first-order chi connectivity index (χ1) is 10.6. The average Bonchev–Trinajstić information content (AvgIpc) is 2.50. The van der Waals surface area contributed by atoms with Crippen LogP contribution >= 0.6 is 0 Å². The molecule has 0 aliphatic rings. The SMILES string of the molecule is Cc1ccc[c]([Bi]([c]2cccc(C)c2)[c]2ccccc2C)c1. The van der Waals surface area contributed by atoms with Crippen LogP contribution in [0.4, 0.5) is 0 Å². The van der Waals surface area contributed by atoms with Crippen LogP contribution in [-0.2, 0) is 0 Å². The summed E-state index contributed by atoms with van der Waals surface area (Å²) < 4.78 is 4.72. The van der Waals surface area contributed by atoms with E-state index in [9.17, 15) is 0 Å². The summed E-state index contributed by atoms with van der Waals surface area (Å²) in [5, 5.41) is 0. The van der Waals surface area contributed by atoms with Crippen LogP contribution in [-0.4, -0.2) is 21.8 Å². The second kappa shape index (κ2) is 6.75. The fourth-order valence-corrected chi connectivity index (χ4v) is 13.1. The van der Waals surface area contributed by atoms with Gasteiger partial charge in [0.05, 0.1) is 0 Å². The summed E-state index contributed by atoms with van der Waals surface area (Å²) in [6.45, 7) is 6.64. The van der Waals surface area contributed by atoms with Crippen molar-refractivity contribution < 1.29 is 0 Å². The summed E-state index contributed by atoms with van der Waals surface area (Å²) in [7, 11) is 0. The number of rotatable bonds is 3. The van der Waals surface area contributed by atoms with Gasteiger partial charge in [-0.2, -0.15) is 0 Å². The maximum atomic E-state index is 2.40. The number of aryl methyl sites for hydroxylation is 3. The van der Waals surface area contributed by atoms with Crippen molar-refractivity contribution >= 4 is 31.6 Å². The van der Waals surface area contributed by atoms with Crippen LogP contribution in [0.5, 0.6) is 0 Å². The zero-order chi connectivity index (χ0) is 15.5.